The summed E-state index contributed by atoms with van der Waals surface area (Å²) < 4.78 is 0. The molecule has 0 aromatic carbocycles. The number of hydrogen-bond acceptors (Lipinski definition) is 3. The maximum Gasteiger partial charge on any atom is 0.325 e. The van der Waals surface area contributed by atoms with E-state index in [0.29, 0.717) is 0 Å². The quantitative estimate of drug-likeness (QED) is 0.458. The molecule has 0 spiro atoms. The molecule has 11 heavy (non-hydrogen) atoms. The van der Waals surface area contributed by atoms with Crippen molar-refractivity contribution in [2.24, 2.45) is 5.73 Å². The van der Waals surface area contributed by atoms with Crippen LogP contribution in [0, 0.1) is 0 Å². The summed E-state index contributed by atoms with van der Waals surface area (Å²) in [5, 5.41) is 0. The molecule has 0 amide bonds. The van der Waals surface area contributed by atoms with Crippen molar-refractivity contribution in [2.75, 3.05) is 0 Å². The molecule has 0 saturated heterocycles. The average Bonchev–Trinajstić information content (AvgIpc) is 1.85. The highest BCUT2D eigenvalue weighted by molar-refractivity contribution is 7.80. The van der Waals surface area contributed by atoms with Crippen LogP contribution >= 0.6 is 12.2 Å². The van der Waals surface area contributed by atoms with Crippen molar-refractivity contribution < 1.29 is 0 Å². The number of hydrogen-bond donors (Lipinski definition) is 3. The third-order valence-electron chi connectivity index (χ3n) is 1.08. The van der Waals surface area contributed by atoms with E-state index >= 15 is 0 Å². The van der Waals surface area contributed by atoms with Crippen molar-refractivity contribution in [2.45, 2.75) is 0 Å². The highest BCUT2D eigenvalue weighted by atomic mass is 32.1. The van der Waals surface area contributed by atoms with Crippen LogP contribution in [0.25, 0.3) is 0 Å². The fraction of sp³-hybridized carbons (Fsp3) is 0. The van der Waals surface area contributed by atoms with Crippen LogP contribution in [0.1, 0.15) is 5.56 Å². The van der Waals surface area contributed by atoms with Gasteiger partial charge >= 0.3 is 5.69 Å². The second-order valence-corrected chi connectivity index (χ2v) is 2.29. The van der Waals surface area contributed by atoms with Gasteiger partial charge in [0.05, 0.1) is 5.56 Å². The summed E-state index contributed by atoms with van der Waals surface area (Å²) in [6.07, 6.45) is 1.18. The Morgan fingerprint density at radius 2 is 2.18 bits per heavy atom. The van der Waals surface area contributed by atoms with Crippen LogP contribution in [0.2, 0.25) is 0 Å². The lowest BCUT2D eigenvalue weighted by Gasteiger charge is -1.92. The van der Waals surface area contributed by atoms with Gasteiger partial charge in [0.1, 0.15) is 4.99 Å². The van der Waals surface area contributed by atoms with Crippen molar-refractivity contribution in [1.29, 1.82) is 0 Å². The smallest absolute Gasteiger partial charge is 0.325 e. The molecular weight excluding hydrogens is 166 g/mol. The molecule has 0 atom stereocenters. The van der Waals surface area contributed by atoms with Crippen molar-refractivity contribution in [3.63, 3.8) is 0 Å². The van der Waals surface area contributed by atoms with Crippen LogP contribution in [0.15, 0.2) is 15.8 Å². The van der Waals surface area contributed by atoms with Crippen LogP contribution in [0.4, 0.5) is 0 Å². The van der Waals surface area contributed by atoms with Crippen LogP contribution in [-0.2, 0) is 0 Å². The number of thiocarbonyl (C=S) groups is 1. The lowest BCUT2D eigenvalue weighted by atomic mass is 10.3. The lowest BCUT2D eigenvalue weighted by Crippen LogP contribution is -2.29. The molecule has 1 rings (SSSR count). The van der Waals surface area contributed by atoms with Crippen molar-refractivity contribution in [3.05, 3.63) is 32.6 Å². The first-order valence-corrected chi connectivity index (χ1v) is 3.14. The van der Waals surface area contributed by atoms with E-state index in [-0.39, 0.29) is 10.6 Å². The highest BCUT2D eigenvalue weighted by Gasteiger charge is 2.00. The van der Waals surface area contributed by atoms with Crippen molar-refractivity contribution in [1.82, 2.24) is 9.97 Å². The zero-order valence-electron chi connectivity index (χ0n) is 5.38. The predicted octanol–water partition coefficient (Wildman–Crippen LogP) is -1.30. The summed E-state index contributed by atoms with van der Waals surface area (Å²) in [5.74, 6) is 0. The van der Waals surface area contributed by atoms with Crippen LogP contribution in [-0.4, -0.2) is 15.0 Å². The Bertz CT molecular complexity index is 391. The standard InChI is InChI=1S/C5H5N3O2S/c6-3(11)2-1-7-5(10)8-4(2)9/h1H,(H2,6,11)(H2,7,8,9,10). The topological polar surface area (TPSA) is 91.7 Å². The third-order valence-corrected chi connectivity index (χ3v) is 1.30. The fourth-order valence-corrected chi connectivity index (χ4v) is 0.744. The van der Waals surface area contributed by atoms with Gasteiger partial charge in [-0.3, -0.25) is 9.78 Å². The van der Waals surface area contributed by atoms with Gasteiger partial charge in [0.25, 0.3) is 5.56 Å². The maximum atomic E-state index is 10.8. The zero-order chi connectivity index (χ0) is 8.43. The van der Waals surface area contributed by atoms with E-state index in [1.165, 1.54) is 6.20 Å². The summed E-state index contributed by atoms with van der Waals surface area (Å²) in [4.78, 5) is 25.5. The molecule has 6 heteroatoms. The van der Waals surface area contributed by atoms with Crippen LogP contribution in [0.3, 0.4) is 0 Å². The molecule has 5 nitrogen and oxygen atoms in total. The average molecular weight is 171 g/mol. The number of rotatable bonds is 1. The number of aromatic nitrogens is 2. The molecular formula is C5H5N3O2S. The summed E-state index contributed by atoms with van der Waals surface area (Å²) in [5.41, 5.74) is 4.12. The fourth-order valence-electron chi connectivity index (χ4n) is 0.593. The molecule has 0 unspecified atom stereocenters. The van der Waals surface area contributed by atoms with Gasteiger partial charge in [-0.05, 0) is 0 Å². The summed E-state index contributed by atoms with van der Waals surface area (Å²) >= 11 is 4.53. The Labute approximate surface area is 66.3 Å². The van der Waals surface area contributed by atoms with Gasteiger partial charge in [-0.25, -0.2) is 4.79 Å². The van der Waals surface area contributed by atoms with Crippen LogP contribution < -0.4 is 17.0 Å². The van der Waals surface area contributed by atoms with Gasteiger partial charge in [0.15, 0.2) is 0 Å². The maximum absolute atomic E-state index is 10.8. The van der Waals surface area contributed by atoms with Crippen molar-refractivity contribution in [3.8, 4) is 0 Å². The molecule has 0 aliphatic carbocycles. The second-order valence-electron chi connectivity index (χ2n) is 1.85. The monoisotopic (exact) mass is 171 g/mol. The summed E-state index contributed by atoms with van der Waals surface area (Å²) in [6.45, 7) is 0. The van der Waals surface area contributed by atoms with Gasteiger partial charge in [-0.2, -0.15) is 0 Å². The van der Waals surface area contributed by atoms with E-state index in [4.69, 9.17) is 5.73 Å². The Kier molecular flexibility index (Phi) is 1.86. The van der Waals surface area contributed by atoms with E-state index < -0.39 is 11.2 Å². The second kappa shape index (κ2) is 2.67. The van der Waals surface area contributed by atoms with Gasteiger partial charge < -0.3 is 10.7 Å². The Morgan fingerprint density at radius 3 is 2.64 bits per heavy atom. The Balaban J connectivity index is 3.43. The predicted molar refractivity (Wildman–Crippen MR) is 43.6 cm³/mol. The molecule has 0 aliphatic heterocycles. The largest absolute Gasteiger partial charge is 0.389 e. The highest BCUT2D eigenvalue weighted by Crippen LogP contribution is 1.81. The summed E-state index contributed by atoms with van der Waals surface area (Å²) in [6, 6.07) is 0. The number of H-pyrrole nitrogens is 2. The first-order valence-electron chi connectivity index (χ1n) is 2.73. The third kappa shape index (κ3) is 1.53. The zero-order valence-corrected chi connectivity index (χ0v) is 6.20. The lowest BCUT2D eigenvalue weighted by molar-refractivity contribution is 1.03. The van der Waals surface area contributed by atoms with Gasteiger partial charge in [-0.15, -0.1) is 0 Å². The number of nitrogens with one attached hydrogen (secondary N) is 2. The van der Waals surface area contributed by atoms with Gasteiger partial charge in [0.2, 0.25) is 0 Å². The van der Waals surface area contributed by atoms with Gasteiger partial charge in [0, 0.05) is 6.20 Å². The Morgan fingerprint density at radius 1 is 1.55 bits per heavy atom. The molecule has 0 aliphatic rings. The number of aromatic amines is 2. The number of nitrogens with two attached hydrogens (primary N) is 1. The van der Waals surface area contributed by atoms with E-state index in [2.05, 4.69) is 17.2 Å². The molecule has 1 heterocycles. The van der Waals surface area contributed by atoms with E-state index in [9.17, 15) is 9.59 Å². The minimum Gasteiger partial charge on any atom is -0.389 e. The molecule has 0 saturated carbocycles. The van der Waals surface area contributed by atoms with Gasteiger partial charge in [-0.1, -0.05) is 12.2 Å². The van der Waals surface area contributed by atoms with Crippen molar-refractivity contribution >= 4 is 17.2 Å². The first-order chi connectivity index (χ1) is 5.11. The Hall–Kier alpha value is -1.43. The van der Waals surface area contributed by atoms with E-state index in [1.54, 1.807) is 0 Å². The molecule has 0 bridgehead atoms. The SMILES string of the molecule is NC(=S)c1c[nH]c(=O)[nH]c1=O. The molecule has 58 valence electrons. The first kappa shape index (κ1) is 7.67. The molecule has 1 aromatic heterocycles. The minimum absolute atomic E-state index is 0.0394. The molecule has 1 aromatic rings. The molecule has 0 radical (unpaired) electrons. The minimum atomic E-state index is -0.574. The molecule has 0 fully saturated rings. The summed E-state index contributed by atoms with van der Waals surface area (Å²) in [7, 11) is 0. The van der Waals surface area contributed by atoms with Crippen LogP contribution in [0.5, 0.6) is 0 Å². The van der Waals surface area contributed by atoms with E-state index in [1.807, 2.05) is 4.98 Å². The molecule has 4 N–H and O–H groups in total. The van der Waals surface area contributed by atoms with E-state index in [0.717, 1.165) is 0 Å². The normalized spacial score (nSPS) is 9.45.